The number of benzene rings is 1. The first-order valence-electron chi connectivity index (χ1n) is 5.70. The summed E-state index contributed by atoms with van der Waals surface area (Å²) in [5.74, 6) is 0.429. The molecule has 1 aromatic rings. The molecule has 0 saturated heterocycles. The molecule has 0 unspecified atom stereocenters. The van der Waals surface area contributed by atoms with E-state index in [-0.39, 0.29) is 0 Å². The van der Waals surface area contributed by atoms with Crippen LogP contribution in [0, 0.1) is 0 Å². The highest BCUT2D eigenvalue weighted by Crippen LogP contribution is 2.32. The Morgan fingerprint density at radius 1 is 1.07 bits per heavy atom. The van der Waals surface area contributed by atoms with E-state index in [1.54, 1.807) is 11.8 Å². The number of phenolic OH excluding ortho intramolecular Hbond substituents is 1. The fourth-order valence-corrected chi connectivity index (χ4v) is 3.06. The molecular formula is C13H18OS. The molecule has 15 heavy (non-hydrogen) atoms. The first-order valence-corrected chi connectivity index (χ1v) is 6.92. The van der Waals surface area contributed by atoms with Crippen molar-refractivity contribution in [3.8, 4) is 5.75 Å². The molecule has 2 heteroatoms. The number of hydrogen-bond donors (Lipinski definition) is 1. The SMILES string of the molecule is CSc1cc(O)cc2c1CCCCCC2. The van der Waals surface area contributed by atoms with Gasteiger partial charge in [0.2, 0.25) is 0 Å². The monoisotopic (exact) mass is 222 g/mol. The van der Waals surface area contributed by atoms with E-state index in [4.69, 9.17) is 0 Å². The van der Waals surface area contributed by atoms with Crippen molar-refractivity contribution in [2.24, 2.45) is 0 Å². The van der Waals surface area contributed by atoms with Crippen molar-refractivity contribution in [2.75, 3.05) is 6.26 Å². The second-order valence-electron chi connectivity index (χ2n) is 4.20. The van der Waals surface area contributed by atoms with Crippen molar-refractivity contribution in [3.63, 3.8) is 0 Å². The van der Waals surface area contributed by atoms with Gasteiger partial charge in [-0.25, -0.2) is 0 Å². The molecule has 0 amide bonds. The van der Waals surface area contributed by atoms with Crippen molar-refractivity contribution >= 4 is 11.8 Å². The van der Waals surface area contributed by atoms with Gasteiger partial charge in [-0.1, -0.05) is 12.8 Å². The predicted octanol–water partition coefficient (Wildman–Crippen LogP) is 3.77. The molecule has 1 aromatic carbocycles. The highest BCUT2D eigenvalue weighted by Gasteiger charge is 2.12. The van der Waals surface area contributed by atoms with Gasteiger partial charge in [0.1, 0.15) is 5.75 Å². The molecule has 0 bridgehead atoms. The van der Waals surface area contributed by atoms with Gasteiger partial charge < -0.3 is 5.11 Å². The molecule has 0 heterocycles. The number of fused-ring (bicyclic) bond motifs is 1. The topological polar surface area (TPSA) is 20.2 Å². The molecule has 1 N–H and O–H groups in total. The van der Waals surface area contributed by atoms with Crippen LogP contribution >= 0.6 is 11.8 Å². The summed E-state index contributed by atoms with van der Waals surface area (Å²) >= 11 is 1.75. The summed E-state index contributed by atoms with van der Waals surface area (Å²) in [5, 5.41) is 9.65. The lowest BCUT2D eigenvalue weighted by Crippen LogP contribution is -2.01. The van der Waals surface area contributed by atoms with Crippen LogP contribution in [0.4, 0.5) is 0 Å². The molecule has 1 aliphatic rings. The van der Waals surface area contributed by atoms with Crippen molar-refractivity contribution in [1.29, 1.82) is 0 Å². The lowest BCUT2D eigenvalue weighted by molar-refractivity contribution is 0.471. The summed E-state index contributed by atoms with van der Waals surface area (Å²) in [4.78, 5) is 1.27. The molecule has 0 saturated carbocycles. The number of hydrogen-bond acceptors (Lipinski definition) is 2. The Morgan fingerprint density at radius 2 is 1.80 bits per heavy atom. The quantitative estimate of drug-likeness (QED) is 0.730. The molecule has 0 aromatic heterocycles. The number of thioether (sulfide) groups is 1. The molecule has 0 spiro atoms. The average Bonchev–Trinajstić information content (AvgIpc) is 2.19. The highest BCUT2D eigenvalue weighted by atomic mass is 32.2. The highest BCUT2D eigenvalue weighted by molar-refractivity contribution is 7.98. The summed E-state index contributed by atoms with van der Waals surface area (Å²) in [5.41, 5.74) is 2.86. The Kier molecular flexibility index (Phi) is 3.57. The second kappa shape index (κ2) is 4.93. The second-order valence-corrected chi connectivity index (χ2v) is 5.05. The fraction of sp³-hybridized carbons (Fsp3) is 0.538. The zero-order valence-electron chi connectivity index (χ0n) is 9.25. The minimum atomic E-state index is 0.429. The summed E-state index contributed by atoms with van der Waals surface area (Å²) in [6.45, 7) is 0. The lowest BCUT2D eigenvalue weighted by Gasteiger charge is -2.17. The van der Waals surface area contributed by atoms with Gasteiger partial charge >= 0.3 is 0 Å². The van der Waals surface area contributed by atoms with Gasteiger partial charge in [0.05, 0.1) is 0 Å². The van der Waals surface area contributed by atoms with Gasteiger partial charge in [0, 0.05) is 4.90 Å². The van der Waals surface area contributed by atoms with E-state index in [2.05, 4.69) is 6.26 Å². The van der Waals surface area contributed by atoms with Crippen LogP contribution in [0.5, 0.6) is 5.75 Å². The molecular weight excluding hydrogens is 204 g/mol. The van der Waals surface area contributed by atoms with Crippen molar-refractivity contribution in [2.45, 2.75) is 43.4 Å². The predicted molar refractivity (Wildman–Crippen MR) is 65.8 cm³/mol. The molecule has 1 aliphatic carbocycles. The Bertz CT molecular complexity index is 347. The molecule has 0 atom stereocenters. The summed E-state index contributed by atoms with van der Waals surface area (Å²) < 4.78 is 0. The summed E-state index contributed by atoms with van der Waals surface area (Å²) in [7, 11) is 0. The first-order chi connectivity index (χ1) is 7.31. The smallest absolute Gasteiger partial charge is 0.116 e. The molecule has 0 fully saturated rings. The number of rotatable bonds is 1. The van der Waals surface area contributed by atoms with E-state index < -0.39 is 0 Å². The maximum absolute atomic E-state index is 9.65. The third-order valence-corrected chi connectivity index (χ3v) is 3.93. The number of aryl methyl sites for hydroxylation is 1. The van der Waals surface area contributed by atoms with Crippen LogP contribution in [0.15, 0.2) is 17.0 Å². The van der Waals surface area contributed by atoms with E-state index >= 15 is 0 Å². The minimum Gasteiger partial charge on any atom is -0.508 e. The van der Waals surface area contributed by atoms with E-state index in [9.17, 15) is 5.11 Å². The Balaban J connectivity index is 2.40. The first kappa shape index (κ1) is 10.9. The van der Waals surface area contributed by atoms with Crippen LogP contribution in [0.25, 0.3) is 0 Å². The van der Waals surface area contributed by atoms with Crippen LogP contribution in [-0.4, -0.2) is 11.4 Å². The molecule has 0 radical (unpaired) electrons. The van der Waals surface area contributed by atoms with Crippen LogP contribution in [0.3, 0.4) is 0 Å². The van der Waals surface area contributed by atoms with Gasteiger partial charge in [-0.15, -0.1) is 11.8 Å². The van der Waals surface area contributed by atoms with E-state index in [1.165, 1.54) is 48.1 Å². The Labute approximate surface area is 95.9 Å². The van der Waals surface area contributed by atoms with Gasteiger partial charge in [-0.05, 0) is 55.2 Å². The van der Waals surface area contributed by atoms with Crippen molar-refractivity contribution < 1.29 is 5.11 Å². The number of phenols is 1. The molecule has 2 rings (SSSR count). The van der Waals surface area contributed by atoms with Gasteiger partial charge in [0.25, 0.3) is 0 Å². The van der Waals surface area contributed by atoms with Crippen LogP contribution in [-0.2, 0) is 12.8 Å². The maximum Gasteiger partial charge on any atom is 0.116 e. The lowest BCUT2D eigenvalue weighted by atomic mass is 9.93. The Hall–Kier alpha value is -0.630. The van der Waals surface area contributed by atoms with E-state index in [1.807, 2.05) is 12.1 Å². The largest absolute Gasteiger partial charge is 0.508 e. The molecule has 0 aliphatic heterocycles. The van der Waals surface area contributed by atoms with Gasteiger partial charge in [0.15, 0.2) is 0 Å². The number of aromatic hydroxyl groups is 1. The van der Waals surface area contributed by atoms with Crippen molar-refractivity contribution in [3.05, 3.63) is 23.3 Å². The van der Waals surface area contributed by atoms with Gasteiger partial charge in [-0.3, -0.25) is 0 Å². The molecule has 82 valence electrons. The van der Waals surface area contributed by atoms with Crippen LogP contribution < -0.4 is 0 Å². The third-order valence-electron chi connectivity index (χ3n) is 3.13. The normalized spacial score (nSPS) is 16.6. The standard InChI is InChI=1S/C13H18OS/c1-15-13-9-11(14)8-10-6-4-2-3-5-7-12(10)13/h8-9,14H,2-7H2,1H3. The van der Waals surface area contributed by atoms with Gasteiger partial charge in [-0.2, -0.15) is 0 Å². The maximum atomic E-state index is 9.65. The zero-order valence-corrected chi connectivity index (χ0v) is 10.1. The van der Waals surface area contributed by atoms with E-state index in [0.29, 0.717) is 5.75 Å². The minimum absolute atomic E-state index is 0.429. The fourth-order valence-electron chi connectivity index (χ4n) is 2.35. The van der Waals surface area contributed by atoms with Crippen LogP contribution in [0.1, 0.15) is 36.8 Å². The van der Waals surface area contributed by atoms with E-state index in [0.717, 1.165) is 6.42 Å². The Morgan fingerprint density at radius 3 is 2.53 bits per heavy atom. The van der Waals surface area contributed by atoms with Crippen LogP contribution in [0.2, 0.25) is 0 Å². The summed E-state index contributed by atoms with van der Waals surface area (Å²) in [6, 6.07) is 3.87. The summed E-state index contributed by atoms with van der Waals surface area (Å²) in [6.07, 6.45) is 9.67. The average molecular weight is 222 g/mol. The van der Waals surface area contributed by atoms with Crippen molar-refractivity contribution in [1.82, 2.24) is 0 Å². The zero-order chi connectivity index (χ0) is 10.7. The molecule has 1 nitrogen and oxygen atoms in total. The third kappa shape index (κ3) is 2.49.